The van der Waals surface area contributed by atoms with Crippen molar-refractivity contribution in [3.05, 3.63) is 40.9 Å². The lowest BCUT2D eigenvalue weighted by molar-refractivity contribution is 0.291. The van der Waals surface area contributed by atoms with Gasteiger partial charge in [-0.3, -0.25) is 0 Å². The SMILES string of the molecule is CCCOc1nc(Cl)nc(NCCc2cccc(F)c2)n1. The fourth-order valence-electron chi connectivity index (χ4n) is 1.68. The molecule has 0 aliphatic rings. The third-order valence-electron chi connectivity index (χ3n) is 2.61. The Hall–Kier alpha value is -1.95. The van der Waals surface area contributed by atoms with Crippen LogP contribution in [0.3, 0.4) is 0 Å². The third-order valence-corrected chi connectivity index (χ3v) is 2.78. The maximum atomic E-state index is 13.1. The van der Waals surface area contributed by atoms with Crippen LogP contribution in [-0.4, -0.2) is 28.1 Å². The first kappa shape index (κ1) is 15.4. The second-order valence-electron chi connectivity index (χ2n) is 4.37. The van der Waals surface area contributed by atoms with Crippen LogP contribution in [0.4, 0.5) is 10.3 Å². The van der Waals surface area contributed by atoms with Crippen molar-refractivity contribution in [2.75, 3.05) is 18.5 Å². The first-order valence-electron chi connectivity index (χ1n) is 6.70. The van der Waals surface area contributed by atoms with Gasteiger partial charge in [-0.25, -0.2) is 4.39 Å². The number of nitrogens with one attached hydrogen (secondary N) is 1. The van der Waals surface area contributed by atoms with Crippen LogP contribution in [0.1, 0.15) is 18.9 Å². The van der Waals surface area contributed by atoms with Crippen molar-refractivity contribution in [3.8, 4) is 6.01 Å². The van der Waals surface area contributed by atoms with Crippen LogP contribution in [0.2, 0.25) is 5.28 Å². The van der Waals surface area contributed by atoms with Gasteiger partial charge in [-0.2, -0.15) is 15.0 Å². The number of hydrogen-bond acceptors (Lipinski definition) is 5. The van der Waals surface area contributed by atoms with Gasteiger partial charge in [0.15, 0.2) is 0 Å². The van der Waals surface area contributed by atoms with Gasteiger partial charge in [-0.15, -0.1) is 0 Å². The molecule has 0 bridgehead atoms. The van der Waals surface area contributed by atoms with E-state index >= 15 is 0 Å². The van der Waals surface area contributed by atoms with Gasteiger partial charge in [0.1, 0.15) is 5.82 Å². The maximum Gasteiger partial charge on any atom is 0.322 e. The number of benzene rings is 1. The Bertz CT molecular complexity index is 597. The summed E-state index contributed by atoms with van der Waals surface area (Å²) in [5.41, 5.74) is 0.894. The topological polar surface area (TPSA) is 59.9 Å². The van der Waals surface area contributed by atoms with Gasteiger partial charge in [-0.05, 0) is 42.1 Å². The fraction of sp³-hybridized carbons (Fsp3) is 0.357. The molecule has 112 valence electrons. The van der Waals surface area contributed by atoms with Crippen molar-refractivity contribution in [2.24, 2.45) is 0 Å². The molecule has 0 spiro atoms. The third kappa shape index (κ3) is 5.15. The molecule has 1 aromatic heterocycles. The molecular weight excluding hydrogens is 295 g/mol. The molecule has 1 heterocycles. The van der Waals surface area contributed by atoms with Gasteiger partial charge in [-0.1, -0.05) is 19.1 Å². The Morgan fingerprint density at radius 1 is 1.29 bits per heavy atom. The lowest BCUT2D eigenvalue weighted by Crippen LogP contribution is -2.10. The van der Waals surface area contributed by atoms with E-state index in [0.29, 0.717) is 25.5 Å². The normalized spacial score (nSPS) is 10.4. The number of ether oxygens (including phenoxy) is 1. The molecule has 2 aromatic rings. The van der Waals surface area contributed by atoms with Gasteiger partial charge >= 0.3 is 6.01 Å². The molecule has 0 amide bonds. The Kier molecular flexibility index (Phi) is 5.68. The highest BCUT2D eigenvalue weighted by molar-refractivity contribution is 6.28. The molecule has 21 heavy (non-hydrogen) atoms. The van der Waals surface area contributed by atoms with Crippen LogP contribution in [0.15, 0.2) is 24.3 Å². The fourth-order valence-corrected chi connectivity index (χ4v) is 1.83. The van der Waals surface area contributed by atoms with Crippen LogP contribution in [0.5, 0.6) is 6.01 Å². The van der Waals surface area contributed by atoms with Crippen molar-refractivity contribution >= 4 is 17.5 Å². The van der Waals surface area contributed by atoms with Gasteiger partial charge in [0, 0.05) is 6.54 Å². The quantitative estimate of drug-likeness (QED) is 0.851. The average molecular weight is 311 g/mol. The number of rotatable bonds is 7. The molecule has 0 radical (unpaired) electrons. The lowest BCUT2D eigenvalue weighted by atomic mass is 10.1. The molecule has 1 N–H and O–H groups in total. The van der Waals surface area contributed by atoms with Crippen molar-refractivity contribution in [3.63, 3.8) is 0 Å². The molecule has 0 atom stereocenters. The Morgan fingerprint density at radius 3 is 2.90 bits per heavy atom. The van der Waals surface area contributed by atoms with Crippen LogP contribution >= 0.6 is 11.6 Å². The minimum atomic E-state index is -0.244. The second-order valence-corrected chi connectivity index (χ2v) is 4.70. The molecule has 7 heteroatoms. The number of anilines is 1. The van der Waals surface area contributed by atoms with E-state index in [1.165, 1.54) is 12.1 Å². The van der Waals surface area contributed by atoms with Crippen LogP contribution < -0.4 is 10.1 Å². The van der Waals surface area contributed by atoms with E-state index in [0.717, 1.165) is 12.0 Å². The van der Waals surface area contributed by atoms with E-state index in [2.05, 4.69) is 20.3 Å². The van der Waals surface area contributed by atoms with Crippen LogP contribution in [0.25, 0.3) is 0 Å². The van der Waals surface area contributed by atoms with E-state index in [9.17, 15) is 4.39 Å². The van der Waals surface area contributed by atoms with Gasteiger partial charge < -0.3 is 10.1 Å². The standard InChI is InChI=1S/C14H16ClFN4O/c1-2-8-21-14-19-12(15)18-13(20-14)17-7-6-10-4-3-5-11(16)9-10/h3-5,9H,2,6-8H2,1H3,(H,17,18,19,20). The van der Waals surface area contributed by atoms with E-state index in [1.807, 2.05) is 13.0 Å². The summed E-state index contributed by atoms with van der Waals surface area (Å²) in [4.78, 5) is 12.0. The summed E-state index contributed by atoms with van der Waals surface area (Å²) in [5.74, 6) is 0.100. The number of hydrogen-bond donors (Lipinski definition) is 1. The highest BCUT2D eigenvalue weighted by atomic mass is 35.5. The summed E-state index contributed by atoms with van der Waals surface area (Å²) in [6, 6.07) is 6.66. The Balaban J connectivity index is 1.91. The summed E-state index contributed by atoms with van der Waals surface area (Å²) in [6.45, 7) is 3.06. The largest absolute Gasteiger partial charge is 0.463 e. The molecule has 0 saturated carbocycles. The highest BCUT2D eigenvalue weighted by Crippen LogP contribution is 2.12. The number of aromatic nitrogens is 3. The predicted octanol–water partition coefficient (Wildman–Crippen LogP) is 3.11. The monoisotopic (exact) mass is 310 g/mol. The minimum Gasteiger partial charge on any atom is -0.463 e. The zero-order valence-electron chi connectivity index (χ0n) is 11.6. The van der Waals surface area contributed by atoms with Gasteiger partial charge in [0.25, 0.3) is 0 Å². The molecule has 0 unspecified atom stereocenters. The Morgan fingerprint density at radius 2 is 2.14 bits per heavy atom. The van der Waals surface area contributed by atoms with Crippen molar-refractivity contribution in [1.82, 2.24) is 15.0 Å². The van der Waals surface area contributed by atoms with Crippen molar-refractivity contribution < 1.29 is 9.13 Å². The summed E-state index contributed by atoms with van der Waals surface area (Å²) < 4.78 is 18.4. The second kappa shape index (κ2) is 7.73. The number of nitrogens with zero attached hydrogens (tertiary/aromatic N) is 3. The zero-order chi connectivity index (χ0) is 15.1. The predicted molar refractivity (Wildman–Crippen MR) is 79.2 cm³/mol. The smallest absolute Gasteiger partial charge is 0.322 e. The molecule has 0 fully saturated rings. The molecule has 5 nitrogen and oxygen atoms in total. The van der Waals surface area contributed by atoms with Crippen LogP contribution in [-0.2, 0) is 6.42 Å². The van der Waals surface area contributed by atoms with E-state index in [-0.39, 0.29) is 17.1 Å². The minimum absolute atomic E-state index is 0.0735. The first-order chi connectivity index (χ1) is 10.2. The van der Waals surface area contributed by atoms with Crippen molar-refractivity contribution in [1.29, 1.82) is 0 Å². The molecule has 0 aliphatic carbocycles. The lowest BCUT2D eigenvalue weighted by Gasteiger charge is -2.07. The van der Waals surface area contributed by atoms with E-state index in [4.69, 9.17) is 16.3 Å². The molecule has 0 aliphatic heterocycles. The Labute approximate surface area is 127 Å². The van der Waals surface area contributed by atoms with Crippen LogP contribution in [0, 0.1) is 5.82 Å². The zero-order valence-corrected chi connectivity index (χ0v) is 12.4. The van der Waals surface area contributed by atoms with Gasteiger partial charge in [0.2, 0.25) is 11.2 Å². The van der Waals surface area contributed by atoms with E-state index in [1.54, 1.807) is 6.07 Å². The average Bonchev–Trinajstić information content (AvgIpc) is 2.45. The molecule has 0 saturated heterocycles. The highest BCUT2D eigenvalue weighted by Gasteiger charge is 2.05. The number of halogens is 2. The summed E-state index contributed by atoms with van der Waals surface area (Å²) in [6.07, 6.45) is 1.50. The molecule has 2 rings (SSSR count). The van der Waals surface area contributed by atoms with Gasteiger partial charge in [0.05, 0.1) is 6.61 Å². The first-order valence-corrected chi connectivity index (χ1v) is 7.08. The summed E-state index contributed by atoms with van der Waals surface area (Å²) >= 11 is 5.81. The van der Waals surface area contributed by atoms with Crippen molar-refractivity contribution in [2.45, 2.75) is 19.8 Å². The molecule has 1 aromatic carbocycles. The van der Waals surface area contributed by atoms with E-state index < -0.39 is 0 Å². The maximum absolute atomic E-state index is 13.1. The summed E-state index contributed by atoms with van der Waals surface area (Å²) in [7, 11) is 0. The molecular formula is C14H16ClFN4O. The summed E-state index contributed by atoms with van der Waals surface area (Å²) in [5, 5.41) is 3.09.